The van der Waals surface area contributed by atoms with Crippen molar-refractivity contribution in [2.24, 2.45) is 22.9 Å². The van der Waals surface area contributed by atoms with Crippen LogP contribution in [0.4, 0.5) is 0 Å². The normalized spacial score (nSPS) is 9.60. The van der Waals surface area contributed by atoms with Crippen LogP contribution in [0.15, 0.2) is 0 Å². The first-order valence-corrected chi connectivity index (χ1v) is 9.05. The molecule has 0 fully saturated rings. The molecule has 8 N–H and O–H groups in total. The second kappa shape index (κ2) is 32.4. The molecule has 0 heterocycles. The average molecular weight is 436 g/mol. The van der Waals surface area contributed by atoms with Crippen LogP contribution in [0.3, 0.4) is 0 Å². The first-order valence-electron chi connectivity index (χ1n) is 9.05. The molecule has 5 heteroatoms. The molecule has 0 atom stereocenters. The molecule has 0 rings (SSSR count). The second-order valence-corrected chi connectivity index (χ2v) is 6.98. The second-order valence-electron chi connectivity index (χ2n) is 6.98. The van der Waals surface area contributed by atoms with Crippen LogP contribution >= 0.6 is 0 Å². The monoisotopic (exact) mass is 434 g/mol. The van der Waals surface area contributed by atoms with Gasteiger partial charge in [-0.05, 0) is 26.2 Å². The molecule has 4 nitrogen and oxygen atoms in total. The van der Waals surface area contributed by atoms with Crippen LogP contribution in [0, 0.1) is 23.7 Å². The molecule has 0 saturated carbocycles. The van der Waals surface area contributed by atoms with E-state index in [4.69, 9.17) is 22.9 Å². The number of rotatable bonds is 8. The van der Waals surface area contributed by atoms with Crippen LogP contribution in [0.1, 0.15) is 81.1 Å². The fourth-order valence-electron chi connectivity index (χ4n) is 1.15. The summed E-state index contributed by atoms with van der Waals surface area (Å²) in [4.78, 5) is 0. The molecule has 0 bridgehead atoms. The Bertz CT molecular complexity index is 147. The van der Waals surface area contributed by atoms with Gasteiger partial charge in [-0.3, -0.25) is 0 Å². The van der Waals surface area contributed by atoms with Gasteiger partial charge in [-0.25, -0.2) is 0 Å². The molecule has 0 aromatic heterocycles. The van der Waals surface area contributed by atoms with E-state index in [2.05, 4.69) is 55.4 Å². The Labute approximate surface area is 179 Å². The standard InChI is InChI=1S/4C5H12N.Zr/c4*1-5(2)3-4-6;/h4*3-4,6H2,1-2H3;/q4*-1;+4. The van der Waals surface area contributed by atoms with Crippen LogP contribution < -0.4 is 22.9 Å². The van der Waals surface area contributed by atoms with Gasteiger partial charge in [0.25, 0.3) is 0 Å². The molecule has 0 saturated heterocycles. The predicted octanol–water partition coefficient (Wildman–Crippen LogP) is 3.80. The molecule has 152 valence electrons. The Hall–Kier alpha value is 0.723. The minimum absolute atomic E-state index is 0. The minimum Gasteiger partial charge on any atom is -0.333 e. The Balaban J connectivity index is -0.0000000702. The maximum atomic E-state index is 5.21. The third kappa shape index (κ3) is 78.9. The van der Waals surface area contributed by atoms with Gasteiger partial charge in [0.15, 0.2) is 0 Å². The number of hydrogen-bond acceptors (Lipinski definition) is 4. The van der Waals surface area contributed by atoms with Gasteiger partial charge >= 0.3 is 26.2 Å². The maximum absolute atomic E-state index is 5.21. The van der Waals surface area contributed by atoms with Crippen LogP contribution in [-0.2, 0) is 26.2 Å². The van der Waals surface area contributed by atoms with E-state index in [1.165, 1.54) is 23.7 Å². The third-order valence-electron chi connectivity index (χ3n) is 2.58. The summed E-state index contributed by atoms with van der Waals surface area (Å²) in [7, 11) is 0. The van der Waals surface area contributed by atoms with Gasteiger partial charge in [0.1, 0.15) is 0 Å². The first kappa shape index (κ1) is 36.6. The van der Waals surface area contributed by atoms with E-state index in [0.717, 1.165) is 51.9 Å². The van der Waals surface area contributed by atoms with E-state index in [1.54, 1.807) is 0 Å². The van der Waals surface area contributed by atoms with E-state index < -0.39 is 0 Å². The van der Waals surface area contributed by atoms with Crippen molar-refractivity contribution in [3.05, 3.63) is 23.7 Å². The third-order valence-corrected chi connectivity index (χ3v) is 2.58. The topological polar surface area (TPSA) is 104 Å². The van der Waals surface area contributed by atoms with E-state index >= 15 is 0 Å². The summed E-state index contributed by atoms with van der Waals surface area (Å²) in [5.41, 5.74) is 20.8. The Morgan fingerprint density at radius 1 is 0.400 bits per heavy atom. The molecule has 0 unspecified atom stereocenters. The summed E-state index contributed by atoms with van der Waals surface area (Å²) in [5, 5.41) is 0. The quantitative estimate of drug-likeness (QED) is 0.435. The van der Waals surface area contributed by atoms with Crippen molar-refractivity contribution in [2.45, 2.75) is 81.1 Å². The van der Waals surface area contributed by atoms with Crippen molar-refractivity contribution in [3.8, 4) is 0 Å². The first-order chi connectivity index (χ1) is 11.1. The summed E-state index contributed by atoms with van der Waals surface area (Å²) in [6.45, 7) is 19.9. The molecule has 0 radical (unpaired) electrons. The number of nitrogens with two attached hydrogens (primary N) is 4. The summed E-state index contributed by atoms with van der Waals surface area (Å²) in [6, 6.07) is 0. The molecule has 0 aromatic carbocycles. The van der Waals surface area contributed by atoms with Crippen molar-refractivity contribution >= 4 is 0 Å². The molecule has 0 aliphatic carbocycles. The Kier molecular flexibility index (Phi) is 47.4. The van der Waals surface area contributed by atoms with Crippen molar-refractivity contribution in [3.63, 3.8) is 0 Å². The minimum atomic E-state index is 0. The van der Waals surface area contributed by atoms with E-state index in [9.17, 15) is 0 Å². The van der Waals surface area contributed by atoms with Crippen molar-refractivity contribution in [2.75, 3.05) is 26.2 Å². The van der Waals surface area contributed by atoms with Gasteiger partial charge in [0.05, 0.1) is 0 Å². The molecule has 25 heavy (non-hydrogen) atoms. The zero-order chi connectivity index (χ0) is 20.0. The summed E-state index contributed by atoms with van der Waals surface area (Å²) in [6.07, 6.45) is 4.28. The van der Waals surface area contributed by atoms with E-state index in [0.29, 0.717) is 0 Å². The smallest absolute Gasteiger partial charge is 0.333 e. The molecule has 0 amide bonds. The van der Waals surface area contributed by atoms with Crippen LogP contribution in [0.5, 0.6) is 0 Å². The fraction of sp³-hybridized carbons (Fsp3) is 0.800. The summed E-state index contributed by atoms with van der Waals surface area (Å²) < 4.78 is 0. The molecular formula is C20H48N4Zr. The van der Waals surface area contributed by atoms with E-state index in [-0.39, 0.29) is 26.2 Å². The van der Waals surface area contributed by atoms with Crippen LogP contribution in [0.2, 0.25) is 0 Å². The van der Waals surface area contributed by atoms with Crippen molar-refractivity contribution in [1.29, 1.82) is 0 Å². The fourth-order valence-corrected chi connectivity index (χ4v) is 1.15. The van der Waals surface area contributed by atoms with Crippen molar-refractivity contribution in [1.82, 2.24) is 0 Å². The van der Waals surface area contributed by atoms with Gasteiger partial charge in [0, 0.05) is 0 Å². The predicted molar refractivity (Wildman–Crippen MR) is 113 cm³/mol. The van der Waals surface area contributed by atoms with Gasteiger partial charge in [0.2, 0.25) is 0 Å². The maximum Gasteiger partial charge on any atom is 4.00 e. The molecule has 0 spiro atoms. The molecule has 0 aliphatic heterocycles. The Morgan fingerprint density at radius 2 is 0.520 bits per heavy atom. The zero-order valence-electron chi connectivity index (χ0n) is 18.5. The van der Waals surface area contributed by atoms with Gasteiger partial charge in [-0.2, -0.15) is 81.1 Å². The molecule has 0 aromatic rings. The largest absolute Gasteiger partial charge is 4.00 e. The van der Waals surface area contributed by atoms with E-state index in [1.807, 2.05) is 0 Å². The Morgan fingerprint density at radius 3 is 0.520 bits per heavy atom. The van der Waals surface area contributed by atoms with Gasteiger partial charge in [-0.1, -0.05) is 0 Å². The number of hydrogen-bond donors (Lipinski definition) is 4. The average Bonchev–Trinajstić information content (AvgIpc) is 2.39. The van der Waals surface area contributed by atoms with Gasteiger partial charge in [-0.15, -0.1) is 0 Å². The van der Waals surface area contributed by atoms with Gasteiger partial charge < -0.3 is 46.6 Å². The zero-order valence-corrected chi connectivity index (χ0v) is 20.9. The van der Waals surface area contributed by atoms with Crippen LogP contribution in [0.25, 0.3) is 0 Å². The molecular weight excluding hydrogens is 387 g/mol. The summed E-state index contributed by atoms with van der Waals surface area (Å²) in [5.74, 6) is 5.66. The van der Waals surface area contributed by atoms with Crippen LogP contribution in [-0.4, -0.2) is 26.2 Å². The SMILES string of the molecule is C[C-](C)CCN.C[C-](C)CCN.C[C-](C)CCN.C[C-](C)CCN.[Zr+4]. The summed E-state index contributed by atoms with van der Waals surface area (Å²) >= 11 is 0. The van der Waals surface area contributed by atoms with Crippen molar-refractivity contribution < 1.29 is 26.2 Å². The molecule has 0 aliphatic rings.